The summed E-state index contributed by atoms with van der Waals surface area (Å²) in [5, 5.41) is 8.83. The molecule has 0 aliphatic carbocycles. The monoisotopic (exact) mass is 281 g/mol. The van der Waals surface area contributed by atoms with Gasteiger partial charge >= 0.3 is 0 Å². The third kappa shape index (κ3) is 6.78. The van der Waals surface area contributed by atoms with E-state index >= 15 is 0 Å². The van der Waals surface area contributed by atoms with Crippen molar-refractivity contribution in [2.45, 2.75) is 26.7 Å². The molecule has 114 valence electrons. The normalized spacial score (nSPS) is 10.8. The van der Waals surface area contributed by atoms with E-state index in [0.29, 0.717) is 6.61 Å². The highest BCUT2D eigenvalue weighted by atomic mass is 16.5. The van der Waals surface area contributed by atoms with Crippen molar-refractivity contribution in [3.05, 3.63) is 24.3 Å². The molecule has 0 radical (unpaired) electrons. The standard InChI is InChI=1S/C16H27NO3/c1-3-13-19-15-6-8-16(9-7-15)20-14-11-17(4-2)10-5-12-18/h6-9,18H,3-5,10-14H2,1-2H3. The maximum Gasteiger partial charge on any atom is 0.119 e. The van der Waals surface area contributed by atoms with Gasteiger partial charge in [0.15, 0.2) is 0 Å². The van der Waals surface area contributed by atoms with E-state index in [1.807, 2.05) is 24.3 Å². The lowest BCUT2D eigenvalue weighted by atomic mass is 10.3. The summed E-state index contributed by atoms with van der Waals surface area (Å²) in [5.41, 5.74) is 0. The van der Waals surface area contributed by atoms with Gasteiger partial charge in [0.2, 0.25) is 0 Å². The van der Waals surface area contributed by atoms with E-state index in [9.17, 15) is 0 Å². The Morgan fingerprint density at radius 2 is 1.55 bits per heavy atom. The third-order valence-electron chi connectivity index (χ3n) is 3.05. The molecule has 0 unspecified atom stereocenters. The number of hydrogen-bond donors (Lipinski definition) is 1. The molecule has 0 aliphatic heterocycles. The zero-order valence-corrected chi connectivity index (χ0v) is 12.7. The predicted molar refractivity (Wildman–Crippen MR) is 81.5 cm³/mol. The van der Waals surface area contributed by atoms with Gasteiger partial charge < -0.3 is 19.5 Å². The SMILES string of the molecule is CCCOc1ccc(OCCN(CC)CCCO)cc1. The second-order valence-corrected chi connectivity index (χ2v) is 4.68. The molecule has 0 amide bonds. The Morgan fingerprint density at radius 3 is 2.05 bits per heavy atom. The molecule has 0 aromatic heterocycles. The van der Waals surface area contributed by atoms with Crippen LogP contribution in [0, 0.1) is 0 Å². The Balaban J connectivity index is 2.27. The minimum Gasteiger partial charge on any atom is -0.494 e. The smallest absolute Gasteiger partial charge is 0.119 e. The van der Waals surface area contributed by atoms with Crippen molar-refractivity contribution in [3.63, 3.8) is 0 Å². The minimum absolute atomic E-state index is 0.247. The molecule has 0 atom stereocenters. The lowest BCUT2D eigenvalue weighted by molar-refractivity contribution is 0.195. The maximum absolute atomic E-state index is 8.83. The van der Waals surface area contributed by atoms with Gasteiger partial charge in [0.1, 0.15) is 18.1 Å². The summed E-state index contributed by atoms with van der Waals surface area (Å²) in [4.78, 5) is 2.27. The largest absolute Gasteiger partial charge is 0.494 e. The van der Waals surface area contributed by atoms with Crippen LogP contribution in [-0.4, -0.2) is 49.5 Å². The molecular formula is C16H27NO3. The lowest BCUT2D eigenvalue weighted by Crippen LogP contribution is -2.29. The van der Waals surface area contributed by atoms with Gasteiger partial charge in [-0.2, -0.15) is 0 Å². The number of benzene rings is 1. The summed E-state index contributed by atoms with van der Waals surface area (Å²) in [7, 11) is 0. The van der Waals surface area contributed by atoms with Crippen LogP contribution in [0.1, 0.15) is 26.7 Å². The van der Waals surface area contributed by atoms with Gasteiger partial charge in [-0.25, -0.2) is 0 Å². The van der Waals surface area contributed by atoms with Crippen LogP contribution in [0.15, 0.2) is 24.3 Å². The summed E-state index contributed by atoms with van der Waals surface area (Å²) in [6, 6.07) is 7.76. The van der Waals surface area contributed by atoms with Gasteiger partial charge in [0.05, 0.1) is 6.61 Å². The second kappa shape index (κ2) is 10.5. The molecule has 0 heterocycles. The van der Waals surface area contributed by atoms with Gasteiger partial charge in [-0.1, -0.05) is 13.8 Å². The van der Waals surface area contributed by atoms with Crippen molar-refractivity contribution >= 4 is 0 Å². The van der Waals surface area contributed by atoms with Crippen LogP contribution in [0.25, 0.3) is 0 Å². The Labute approximate surface area is 122 Å². The van der Waals surface area contributed by atoms with Crippen LogP contribution in [-0.2, 0) is 0 Å². The molecule has 4 nitrogen and oxygen atoms in total. The van der Waals surface area contributed by atoms with Crippen LogP contribution >= 0.6 is 0 Å². The zero-order valence-electron chi connectivity index (χ0n) is 12.7. The number of likely N-dealkylation sites (N-methyl/N-ethyl adjacent to an activating group) is 1. The van der Waals surface area contributed by atoms with E-state index in [0.717, 1.165) is 50.6 Å². The van der Waals surface area contributed by atoms with Gasteiger partial charge in [-0.15, -0.1) is 0 Å². The van der Waals surface area contributed by atoms with E-state index < -0.39 is 0 Å². The molecule has 1 rings (SSSR count). The Kier molecular flexibility index (Phi) is 8.83. The first-order valence-electron chi connectivity index (χ1n) is 7.49. The number of nitrogens with zero attached hydrogens (tertiary/aromatic N) is 1. The lowest BCUT2D eigenvalue weighted by Gasteiger charge is -2.19. The fourth-order valence-electron chi connectivity index (χ4n) is 1.87. The molecule has 20 heavy (non-hydrogen) atoms. The average molecular weight is 281 g/mol. The Bertz CT molecular complexity index is 340. The predicted octanol–water partition coefficient (Wildman–Crippen LogP) is 2.56. The Hall–Kier alpha value is -1.26. The van der Waals surface area contributed by atoms with Crippen LogP contribution in [0.2, 0.25) is 0 Å². The molecule has 0 fully saturated rings. The first-order chi connectivity index (χ1) is 9.80. The van der Waals surface area contributed by atoms with Crippen molar-refractivity contribution in [3.8, 4) is 11.5 Å². The first-order valence-corrected chi connectivity index (χ1v) is 7.49. The topological polar surface area (TPSA) is 41.9 Å². The van der Waals surface area contributed by atoms with Crippen LogP contribution in [0.3, 0.4) is 0 Å². The second-order valence-electron chi connectivity index (χ2n) is 4.68. The van der Waals surface area contributed by atoms with Crippen molar-refractivity contribution in [2.24, 2.45) is 0 Å². The molecule has 1 aromatic rings. The Morgan fingerprint density at radius 1 is 0.950 bits per heavy atom. The highest BCUT2D eigenvalue weighted by molar-refractivity contribution is 5.31. The van der Waals surface area contributed by atoms with Crippen molar-refractivity contribution < 1.29 is 14.6 Å². The molecule has 0 saturated carbocycles. The molecule has 0 saturated heterocycles. The molecule has 1 N–H and O–H groups in total. The summed E-state index contributed by atoms with van der Waals surface area (Å²) in [5.74, 6) is 1.75. The highest BCUT2D eigenvalue weighted by Crippen LogP contribution is 2.17. The highest BCUT2D eigenvalue weighted by Gasteiger charge is 2.02. The molecule has 0 spiro atoms. The van der Waals surface area contributed by atoms with E-state index in [4.69, 9.17) is 14.6 Å². The first kappa shape index (κ1) is 16.8. The van der Waals surface area contributed by atoms with Crippen molar-refractivity contribution in [2.75, 3.05) is 39.5 Å². The van der Waals surface area contributed by atoms with E-state index in [1.54, 1.807) is 0 Å². The van der Waals surface area contributed by atoms with Gasteiger partial charge in [0, 0.05) is 19.7 Å². The maximum atomic E-state index is 8.83. The van der Waals surface area contributed by atoms with Crippen LogP contribution in [0.4, 0.5) is 0 Å². The van der Waals surface area contributed by atoms with Gasteiger partial charge in [0.25, 0.3) is 0 Å². The van der Waals surface area contributed by atoms with E-state index in [1.165, 1.54) is 0 Å². The minimum atomic E-state index is 0.247. The van der Waals surface area contributed by atoms with Gasteiger partial charge in [-0.05, 0) is 43.7 Å². The number of hydrogen-bond acceptors (Lipinski definition) is 4. The molecule has 0 aliphatic rings. The van der Waals surface area contributed by atoms with E-state index in [2.05, 4.69) is 18.7 Å². The fourth-order valence-corrected chi connectivity index (χ4v) is 1.87. The molecule has 1 aromatic carbocycles. The number of ether oxygens (including phenoxy) is 2. The summed E-state index contributed by atoms with van der Waals surface area (Å²) >= 11 is 0. The fraction of sp³-hybridized carbons (Fsp3) is 0.625. The molecule has 0 bridgehead atoms. The number of rotatable bonds is 11. The number of aliphatic hydroxyl groups excluding tert-OH is 1. The van der Waals surface area contributed by atoms with E-state index in [-0.39, 0.29) is 6.61 Å². The molecular weight excluding hydrogens is 254 g/mol. The molecule has 4 heteroatoms. The van der Waals surface area contributed by atoms with Crippen molar-refractivity contribution in [1.82, 2.24) is 4.90 Å². The van der Waals surface area contributed by atoms with Gasteiger partial charge in [-0.3, -0.25) is 0 Å². The third-order valence-corrected chi connectivity index (χ3v) is 3.05. The zero-order chi connectivity index (χ0) is 14.6. The van der Waals surface area contributed by atoms with Crippen LogP contribution in [0.5, 0.6) is 11.5 Å². The van der Waals surface area contributed by atoms with Crippen molar-refractivity contribution in [1.29, 1.82) is 0 Å². The summed E-state index contributed by atoms with van der Waals surface area (Å²) < 4.78 is 11.2. The number of aliphatic hydroxyl groups is 1. The average Bonchev–Trinajstić information content (AvgIpc) is 2.49. The summed E-state index contributed by atoms with van der Waals surface area (Å²) in [6.07, 6.45) is 1.83. The quantitative estimate of drug-likeness (QED) is 0.677. The van der Waals surface area contributed by atoms with Crippen LogP contribution < -0.4 is 9.47 Å². The summed E-state index contributed by atoms with van der Waals surface area (Å²) in [6.45, 7) is 8.64.